The van der Waals surface area contributed by atoms with Gasteiger partial charge in [-0.15, -0.1) is 5.92 Å². The number of methoxy groups -OCH3 is 1. The van der Waals surface area contributed by atoms with Crippen molar-refractivity contribution in [3.63, 3.8) is 0 Å². The highest BCUT2D eigenvalue weighted by Gasteiger charge is 1.96. The van der Waals surface area contributed by atoms with Crippen LogP contribution >= 0.6 is 0 Å². The van der Waals surface area contributed by atoms with Crippen molar-refractivity contribution >= 4 is 0 Å². The minimum Gasteiger partial charge on any atom is -0.496 e. The monoisotopic (exact) mass is 160 g/mol. The van der Waals surface area contributed by atoms with Gasteiger partial charge in [0.25, 0.3) is 0 Å². The molecule has 1 rings (SSSR count). The molecular formula is C11H12O. The smallest absolute Gasteiger partial charge is 0.123 e. The SMILES string of the molecule is CC#Cc1ccc(C)c(OC)c1. The van der Waals surface area contributed by atoms with E-state index in [1.807, 2.05) is 32.0 Å². The lowest BCUT2D eigenvalue weighted by atomic mass is 10.1. The summed E-state index contributed by atoms with van der Waals surface area (Å²) in [7, 11) is 1.67. The minimum atomic E-state index is 0.898. The first-order valence-electron chi connectivity index (χ1n) is 3.85. The summed E-state index contributed by atoms with van der Waals surface area (Å²) in [5, 5.41) is 0. The molecule has 1 nitrogen and oxygen atoms in total. The van der Waals surface area contributed by atoms with Crippen LogP contribution in [0.3, 0.4) is 0 Å². The zero-order valence-corrected chi connectivity index (χ0v) is 7.64. The van der Waals surface area contributed by atoms with E-state index in [9.17, 15) is 0 Å². The minimum absolute atomic E-state index is 0.898. The third kappa shape index (κ3) is 1.79. The zero-order valence-electron chi connectivity index (χ0n) is 7.64. The van der Waals surface area contributed by atoms with Crippen molar-refractivity contribution in [1.29, 1.82) is 0 Å². The van der Waals surface area contributed by atoms with Gasteiger partial charge in [-0.3, -0.25) is 0 Å². The summed E-state index contributed by atoms with van der Waals surface area (Å²) >= 11 is 0. The number of aryl methyl sites for hydroxylation is 1. The molecule has 1 aromatic carbocycles. The van der Waals surface area contributed by atoms with E-state index < -0.39 is 0 Å². The Morgan fingerprint density at radius 3 is 2.67 bits per heavy atom. The van der Waals surface area contributed by atoms with Crippen LogP contribution in [0.5, 0.6) is 5.75 Å². The molecule has 0 saturated heterocycles. The van der Waals surface area contributed by atoms with Gasteiger partial charge in [-0.25, -0.2) is 0 Å². The number of hydrogen-bond donors (Lipinski definition) is 0. The van der Waals surface area contributed by atoms with Crippen LogP contribution in [0.1, 0.15) is 18.1 Å². The van der Waals surface area contributed by atoms with Gasteiger partial charge in [-0.1, -0.05) is 12.0 Å². The van der Waals surface area contributed by atoms with Crippen LogP contribution < -0.4 is 4.74 Å². The van der Waals surface area contributed by atoms with E-state index in [0.29, 0.717) is 0 Å². The fourth-order valence-corrected chi connectivity index (χ4v) is 1.04. The number of ether oxygens (including phenoxy) is 1. The molecule has 0 aliphatic carbocycles. The Labute approximate surface area is 73.4 Å². The molecule has 0 aliphatic heterocycles. The van der Waals surface area contributed by atoms with Crippen molar-refractivity contribution in [2.45, 2.75) is 13.8 Å². The van der Waals surface area contributed by atoms with Gasteiger partial charge in [-0.05, 0) is 31.5 Å². The maximum Gasteiger partial charge on any atom is 0.123 e. The first-order chi connectivity index (χ1) is 5.77. The first-order valence-corrected chi connectivity index (χ1v) is 3.85. The standard InChI is InChI=1S/C11H12O/c1-4-5-10-7-6-9(2)11(8-10)12-3/h6-8H,1-3H3. The predicted molar refractivity (Wildman–Crippen MR) is 50.3 cm³/mol. The maximum atomic E-state index is 5.16. The van der Waals surface area contributed by atoms with Crippen LogP contribution in [0.15, 0.2) is 18.2 Å². The zero-order chi connectivity index (χ0) is 8.97. The molecule has 1 heteroatoms. The average Bonchev–Trinajstić information content (AvgIpc) is 2.09. The Bertz CT molecular complexity index is 329. The largest absolute Gasteiger partial charge is 0.496 e. The normalized spacial score (nSPS) is 8.58. The van der Waals surface area contributed by atoms with Gasteiger partial charge in [0, 0.05) is 5.56 Å². The molecule has 1 aromatic rings. The third-order valence-electron chi connectivity index (χ3n) is 1.68. The van der Waals surface area contributed by atoms with Gasteiger partial charge < -0.3 is 4.74 Å². The van der Waals surface area contributed by atoms with Crippen molar-refractivity contribution in [1.82, 2.24) is 0 Å². The lowest BCUT2D eigenvalue weighted by Crippen LogP contribution is -1.87. The predicted octanol–water partition coefficient (Wildman–Crippen LogP) is 2.38. The highest BCUT2D eigenvalue weighted by molar-refractivity contribution is 5.43. The van der Waals surface area contributed by atoms with Crippen LogP contribution in [0.25, 0.3) is 0 Å². The van der Waals surface area contributed by atoms with Gasteiger partial charge in [-0.2, -0.15) is 0 Å². The summed E-state index contributed by atoms with van der Waals surface area (Å²) in [6.45, 7) is 3.84. The Morgan fingerprint density at radius 2 is 2.08 bits per heavy atom. The summed E-state index contributed by atoms with van der Waals surface area (Å²) in [6.07, 6.45) is 0. The molecule has 0 atom stereocenters. The summed E-state index contributed by atoms with van der Waals surface area (Å²) in [5.74, 6) is 6.73. The van der Waals surface area contributed by atoms with Gasteiger partial charge >= 0.3 is 0 Å². The lowest BCUT2D eigenvalue weighted by Gasteiger charge is -2.03. The average molecular weight is 160 g/mol. The quantitative estimate of drug-likeness (QED) is 0.573. The highest BCUT2D eigenvalue weighted by Crippen LogP contribution is 2.17. The van der Waals surface area contributed by atoms with E-state index in [4.69, 9.17) is 4.74 Å². The Kier molecular flexibility index (Phi) is 2.76. The molecule has 0 fully saturated rings. The maximum absolute atomic E-state index is 5.16. The van der Waals surface area contributed by atoms with Gasteiger partial charge in [0.1, 0.15) is 5.75 Å². The van der Waals surface area contributed by atoms with Crippen LogP contribution in [0.2, 0.25) is 0 Å². The topological polar surface area (TPSA) is 9.23 Å². The highest BCUT2D eigenvalue weighted by atomic mass is 16.5. The van der Waals surface area contributed by atoms with Crippen LogP contribution in [-0.4, -0.2) is 7.11 Å². The molecule has 62 valence electrons. The number of benzene rings is 1. The van der Waals surface area contributed by atoms with Crippen LogP contribution in [-0.2, 0) is 0 Å². The van der Waals surface area contributed by atoms with Crippen molar-refractivity contribution < 1.29 is 4.74 Å². The van der Waals surface area contributed by atoms with Crippen molar-refractivity contribution in [2.75, 3.05) is 7.11 Å². The lowest BCUT2D eigenvalue weighted by molar-refractivity contribution is 0.411. The van der Waals surface area contributed by atoms with Crippen LogP contribution in [0.4, 0.5) is 0 Å². The Hall–Kier alpha value is -1.42. The second kappa shape index (κ2) is 3.82. The molecular weight excluding hydrogens is 148 g/mol. The molecule has 12 heavy (non-hydrogen) atoms. The molecule has 0 radical (unpaired) electrons. The van der Waals surface area contributed by atoms with Crippen LogP contribution in [0, 0.1) is 18.8 Å². The number of hydrogen-bond acceptors (Lipinski definition) is 1. The summed E-state index contributed by atoms with van der Waals surface area (Å²) in [4.78, 5) is 0. The summed E-state index contributed by atoms with van der Waals surface area (Å²) in [5.41, 5.74) is 2.14. The van der Waals surface area contributed by atoms with Crippen molar-refractivity contribution in [3.8, 4) is 17.6 Å². The first kappa shape index (κ1) is 8.67. The van der Waals surface area contributed by atoms with Crippen molar-refractivity contribution in [2.24, 2.45) is 0 Å². The van der Waals surface area contributed by atoms with E-state index in [-0.39, 0.29) is 0 Å². The van der Waals surface area contributed by atoms with Gasteiger partial charge in [0.15, 0.2) is 0 Å². The molecule has 0 aromatic heterocycles. The summed E-state index contributed by atoms with van der Waals surface area (Å²) < 4.78 is 5.16. The fourth-order valence-electron chi connectivity index (χ4n) is 1.04. The van der Waals surface area contributed by atoms with Crippen molar-refractivity contribution in [3.05, 3.63) is 29.3 Å². The van der Waals surface area contributed by atoms with Gasteiger partial charge in [0.05, 0.1) is 7.11 Å². The molecule has 0 aliphatic rings. The number of rotatable bonds is 1. The van der Waals surface area contributed by atoms with E-state index >= 15 is 0 Å². The van der Waals surface area contributed by atoms with E-state index in [1.165, 1.54) is 0 Å². The molecule has 0 bridgehead atoms. The molecule has 0 heterocycles. The Balaban J connectivity index is 3.10. The van der Waals surface area contributed by atoms with Gasteiger partial charge in [0.2, 0.25) is 0 Å². The molecule has 0 amide bonds. The second-order valence-electron chi connectivity index (χ2n) is 2.56. The summed E-state index contributed by atoms with van der Waals surface area (Å²) in [6, 6.07) is 5.96. The third-order valence-corrected chi connectivity index (χ3v) is 1.68. The molecule has 0 saturated carbocycles. The molecule has 0 N–H and O–H groups in total. The molecule has 0 spiro atoms. The fraction of sp³-hybridized carbons (Fsp3) is 0.273. The Morgan fingerprint density at radius 1 is 1.33 bits per heavy atom. The van der Waals surface area contributed by atoms with E-state index in [1.54, 1.807) is 7.11 Å². The second-order valence-corrected chi connectivity index (χ2v) is 2.56. The van der Waals surface area contributed by atoms with E-state index in [0.717, 1.165) is 16.9 Å². The molecule has 0 unspecified atom stereocenters. The van der Waals surface area contributed by atoms with E-state index in [2.05, 4.69) is 11.8 Å².